The van der Waals surface area contributed by atoms with Gasteiger partial charge in [-0.2, -0.15) is 0 Å². The fourth-order valence-electron chi connectivity index (χ4n) is 3.85. The van der Waals surface area contributed by atoms with E-state index < -0.39 is 0 Å². The minimum atomic E-state index is 0.270. The number of H-pyrrole nitrogens is 1. The van der Waals surface area contributed by atoms with Crippen molar-refractivity contribution in [2.45, 2.75) is 6.54 Å². The van der Waals surface area contributed by atoms with Gasteiger partial charge in [-0.25, -0.2) is 4.98 Å². The number of imidazole rings is 1. The number of phenols is 1. The van der Waals surface area contributed by atoms with Crippen LogP contribution in [-0.2, 0) is 6.54 Å². The summed E-state index contributed by atoms with van der Waals surface area (Å²) >= 11 is 0. The second kappa shape index (κ2) is 6.99. The van der Waals surface area contributed by atoms with E-state index in [0.29, 0.717) is 6.54 Å². The average molecular weight is 379 g/mol. The highest BCUT2D eigenvalue weighted by Gasteiger charge is 2.13. The molecule has 5 rings (SSSR count). The second-order valence-corrected chi connectivity index (χ2v) is 7.29. The van der Waals surface area contributed by atoms with E-state index in [4.69, 9.17) is 4.98 Å². The smallest absolute Gasteiger partial charge is 0.126 e. The van der Waals surface area contributed by atoms with Crippen molar-refractivity contribution in [1.82, 2.24) is 9.97 Å². The van der Waals surface area contributed by atoms with Crippen LogP contribution in [0.3, 0.4) is 0 Å². The van der Waals surface area contributed by atoms with Gasteiger partial charge in [0.05, 0.1) is 17.6 Å². The average Bonchev–Trinajstić information content (AvgIpc) is 3.17. The second-order valence-electron chi connectivity index (χ2n) is 7.29. The molecule has 2 N–H and O–H groups in total. The van der Waals surface area contributed by atoms with Crippen molar-refractivity contribution in [2.75, 3.05) is 11.9 Å². The lowest BCUT2D eigenvalue weighted by atomic mass is 9.97. The highest BCUT2D eigenvalue weighted by atomic mass is 16.3. The molecule has 29 heavy (non-hydrogen) atoms. The van der Waals surface area contributed by atoms with Crippen LogP contribution in [-0.4, -0.2) is 22.1 Å². The summed E-state index contributed by atoms with van der Waals surface area (Å²) in [6.45, 7) is 0.696. The van der Waals surface area contributed by atoms with Gasteiger partial charge in [0.1, 0.15) is 11.6 Å². The zero-order chi connectivity index (χ0) is 19.8. The van der Waals surface area contributed by atoms with Crippen LogP contribution in [0.2, 0.25) is 0 Å². The van der Waals surface area contributed by atoms with Crippen molar-refractivity contribution in [1.29, 1.82) is 0 Å². The number of hydrogen-bond acceptors (Lipinski definition) is 3. The molecule has 0 fully saturated rings. The lowest BCUT2D eigenvalue weighted by Gasteiger charge is -2.17. The first-order valence-electron chi connectivity index (χ1n) is 9.65. The molecule has 142 valence electrons. The van der Waals surface area contributed by atoms with Crippen molar-refractivity contribution < 1.29 is 5.11 Å². The lowest BCUT2D eigenvalue weighted by Crippen LogP contribution is -2.16. The lowest BCUT2D eigenvalue weighted by molar-refractivity contribution is 0.475. The molecule has 0 aliphatic rings. The first-order valence-corrected chi connectivity index (χ1v) is 9.65. The quantitative estimate of drug-likeness (QED) is 0.420. The Bertz CT molecular complexity index is 1290. The Labute approximate surface area is 169 Å². The Balaban J connectivity index is 1.62. The van der Waals surface area contributed by atoms with Gasteiger partial charge < -0.3 is 15.0 Å². The number of para-hydroxylation sites is 1. The van der Waals surface area contributed by atoms with E-state index >= 15 is 0 Å². The van der Waals surface area contributed by atoms with Gasteiger partial charge in [0.25, 0.3) is 0 Å². The van der Waals surface area contributed by atoms with E-state index in [0.717, 1.165) is 44.4 Å². The molecule has 0 spiro atoms. The molecule has 0 atom stereocenters. The Morgan fingerprint density at radius 3 is 2.31 bits per heavy atom. The molecular weight excluding hydrogens is 358 g/mol. The fourth-order valence-corrected chi connectivity index (χ4v) is 3.85. The van der Waals surface area contributed by atoms with Crippen molar-refractivity contribution in [3.8, 4) is 16.9 Å². The molecule has 0 amide bonds. The van der Waals surface area contributed by atoms with Crippen molar-refractivity contribution in [2.24, 2.45) is 0 Å². The van der Waals surface area contributed by atoms with Gasteiger partial charge in [0, 0.05) is 18.1 Å². The molecule has 4 heteroatoms. The number of aromatic nitrogens is 2. The number of nitrogens with one attached hydrogen (secondary N) is 1. The maximum Gasteiger partial charge on any atom is 0.126 e. The van der Waals surface area contributed by atoms with Crippen LogP contribution in [0.15, 0.2) is 84.9 Å². The third kappa shape index (κ3) is 3.19. The van der Waals surface area contributed by atoms with Gasteiger partial charge in [0.2, 0.25) is 0 Å². The highest BCUT2D eigenvalue weighted by molar-refractivity contribution is 6.11. The van der Waals surface area contributed by atoms with Gasteiger partial charge in [-0.05, 0) is 46.8 Å². The third-order valence-electron chi connectivity index (χ3n) is 5.30. The van der Waals surface area contributed by atoms with Gasteiger partial charge in [-0.3, -0.25) is 0 Å². The Kier molecular flexibility index (Phi) is 4.17. The van der Waals surface area contributed by atoms with Gasteiger partial charge in [0.15, 0.2) is 0 Å². The SMILES string of the molecule is CN(Cc1nc2c(cc(-c3ccc(O)cc3)c3ccccc32)[nH]1)c1ccccc1. The number of benzene rings is 4. The molecule has 5 aromatic rings. The van der Waals surface area contributed by atoms with Crippen LogP contribution < -0.4 is 4.90 Å². The van der Waals surface area contributed by atoms with Gasteiger partial charge in [-0.1, -0.05) is 54.6 Å². The van der Waals surface area contributed by atoms with Crippen LogP contribution in [0.25, 0.3) is 32.9 Å². The fraction of sp³-hybridized carbons (Fsp3) is 0.0800. The van der Waals surface area contributed by atoms with E-state index in [9.17, 15) is 5.11 Å². The topological polar surface area (TPSA) is 52.1 Å². The van der Waals surface area contributed by atoms with Crippen molar-refractivity contribution in [3.05, 3.63) is 90.8 Å². The third-order valence-corrected chi connectivity index (χ3v) is 5.30. The summed E-state index contributed by atoms with van der Waals surface area (Å²) in [5, 5.41) is 11.9. The molecule has 1 heterocycles. The number of anilines is 1. The predicted molar refractivity (Wildman–Crippen MR) is 119 cm³/mol. The van der Waals surface area contributed by atoms with E-state index in [2.05, 4.69) is 53.3 Å². The summed E-state index contributed by atoms with van der Waals surface area (Å²) < 4.78 is 0. The van der Waals surface area contributed by atoms with Crippen LogP contribution in [0.1, 0.15) is 5.82 Å². The monoisotopic (exact) mass is 379 g/mol. The largest absolute Gasteiger partial charge is 0.508 e. The van der Waals surface area contributed by atoms with Crippen LogP contribution in [0.5, 0.6) is 5.75 Å². The van der Waals surface area contributed by atoms with Crippen LogP contribution in [0, 0.1) is 0 Å². The Morgan fingerprint density at radius 1 is 0.862 bits per heavy atom. The zero-order valence-corrected chi connectivity index (χ0v) is 16.1. The number of phenolic OH excluding ortho intramolecular Hbond substituents is 1. The summed E-state index contributed by atoms with van der Waals surface area (Å²) in [7, 11) is 2.07. The molecular formula is C25H21N3O. The highest BCUT2D eigenvalue weighted by Crippen LogP contribution is 2.34. The molecule has 4 aromatic carbocycles. The van der Waals surface area contributed by atoms with Crippen LogP contribution in [0.4, 0.5) is 5.69 Å². The van der Waals surface area contributed by atoms with Crippen LogP contribution >= 0.6 is 0 Å². The summed E-state index contributed by atoms with van der Waals surface area (Å²) in [6, 6.07) is 28.1. The molecule has 0 saturated heterocycles. The minimum Gasteiger partial charge on any atom is -0.508 e. The predicted octanol–water partition coefficient (Wildman–Crippen LogP) is 5.73. The molecule has 0 bridgehead atoms. The molecule has 0 saturated carbocycles. The summed E-state index contributed by atoms with van der Waals surface area (Å²) in [4.78, 5) is 10.6. The van der Waals surface area contributed by atoms with Gasteiger partial charge in [-0.15, -0.1) is 0 Å². The number of aromatic amines is 1. The summed E-state index contributed by atoms with van der Waals surface area (Å²) in [5.41, 5.74) is 5.35. The Hall–Kier alpha value is -3.79. The maximum absolute atomic E-state index is 9.65. The number of nitrogens with zero attached hydrogens (tertiary/aromatic N) is 2. The number of hydrogen-bond donors (Lipinski definition) is 2. The first-order chi connectivity index (χ1) is 14.2. The van der Waals surface area contributed by atoms with E-state index in [1.807, 2.05) is 36.4 Å². The molecule has 1 aromatic heterocycles. The summed E-state index contributed by atoms with van der Waals surface area (Å²) in [5.74, 6) is 1.20. The molecule has 0 radical (unpaired) electrons. The van der Waals surface area contributed by atoms with E-state index in [1.165, 1.54) is 0 Å². The zero-order valence-electron chi connectivity index (χ0n) is 16.1. The molecule has 0 unspecified atom stereocenters. The minimum absolute atomic E-state index is 0.270. The number of fused-ring (bicyclic) bond motifs is 3. The van der Waals surface area contributed by atoms with E-state index in [1.54, 1.807) is 12.1 Å². The van der Waals surface area contributed by atoms with Gasteiger partial charge >= 0.3 is 0 Å². The van der Waals surface area contributed by atoms with Crippen molar-refractivity contribution >= 4 is 27.5 Å². The number of rotatable bonds is 4. The first kappa shape index (κ1) is 17.3. The normalized spacial score (nSPS) is 11.2. The molecule has 4 nitrogen and oxygen atoms in total. The Morgan fingerprint density at radius 2 is 1.55 bits per heavy atom. The maximum atomic E-state index is 9.65. The standard InChI is InChI=1S/C25H21N3O/c1-28(18-7-3-2-4-8-18)16-24-26-23-15-22(17-11-13-19(29)14-12-17)20-9-5-6-10-21(20)25(23)27-24/h2-15,29H,16H2,1H3,(H,26,27). The van der Waals surface area contributed by atoms with E-state index in [-0.39, 0.29) is 5.75 Å². The van der Waals surface area contributed by atoms with Crippen molar-refractivity contribution in [3.63, 3.8) is 0 Å². The molecule has 0 aliphatic heterocycles. The summed E-state index contributed by atoms with van der Waals surface area (Å²) in [6.07, 6.45) is 0. The molecule has 0 aliphatic carbocycles. The number of aromatic hydroxyl groups is 1.